The van der Waals surface area contributed by atoms with Crippen molar-refractivity contribution in [2.45, 2.75) is 32.7 Å². The molecule has 0 radical (unpaired) electrons. The van der Waals surface area contributed by atoms with Gasteiger partial charge in [0.25, 0.3) is 0 Å². The number of rotatable bonds is 3. The van der Waals surface area contributed by atoms with Crippen LogP contribution in [0, 0.1) is 5.41 Å². The second-order valence-electron chi connectivity index (χ2n) is 4.99. The zero-order valence-electron chi connectivity index (χ0n) is 10.2. The van der Waals surface area contributed by atoms with Gasteiger partial charge in [0.15, 0.2) is 0 Å². The topological polar surface area (TPSA) is 53.4 Å². The van der Waals surface area contributed by atoms with E-state index in [0.717, 1.165) is 31.6 Å². The van der Waals surface area contributed by atoms with E-state index in [0.29, 0.717) is 6.04 Å². The summed E-state index contributed by atoms with van der Waals surface area (Å²) in [5.41, 5.74) is 2.39. The zero-order valence-corrected chi connectivity index (χ0v) is 11.0. The fourth-order valence-electron chi connectivity index (χ4n) is 2.23. The van der Waals surface area contributed by atoms with Gasteiger partial charge in [-0.3, -0.25) is 9.69 Å². The highest BCUT2D eigenvalue weighted by atomic mass is 32.1. The summed E-state index contributed by atoms with van der Waals surface area (Å²) in [5, 5.41) is 11.2. The van der Waals surface area contributed by atoms with Crippen LogP contribution in [0.1, 0.15) is 38.4 Å². The van der Waals surface area contributed by atoms with Crippen LogP contribution in [-0.2, 0) is 4.79 Å². The van der Waals surface area contributed by atoms with E-state index < -0.39 is 11.4 Å². The van der Waals surface area contributed by atoms with Crippen LogP contribution in [0.5, 0.6) is 0 Å². The molecule has 2 heterocycles. The Bertz CT molecular complexity index is 383. The van der Waals surface area contributed by atoms with E-state index in [1.54, 1.807) is 11.3 Å². The minimum absolute atomic E-state index is 0.291. The van der Waals surface area contributed by atoms with Gasteiger partial charge in [0.2, 0.25) is 0 Å². The SMILES string of the molecule is CC(c1cscn1)N1CCC(C)(C(=O)O)CC1. The van der Waals surface area contributed by atoms with Gasteiger partial charge in [-0.2, -0.15) is 0 Å². The molecule has 1 atom stereocenters. The quantitative estimate of drug-likeness (QED) is 0.900. The van der Waals surface area contributed by atoms with E-state index in [2.05, 4.69) is 22.2 Å². The summed E-state index contributed by atoms with van der Waals surface area (Å²) in [6.07, 6.45) is 1.44. The molecular formula is C12H18N2O2S. The van der Waals surface area contributed by atoms with Gasteiger partial charge in [-0.1, -0.05) is 0 Å². The van der Waals surface area contributed by atoms with Crippen LogP contribution < -0.4 is 0 Å². The smallest absolute Gasteiger partial charge is 0.309 e. The van der Waals surface area contributed by atoms with Crippen LogP contribution in [0.2, 0.25) is 0 Å². The summed E-state index contributed by atoms with van der Waals surface area (Å²) in [7, 11) is 0. The van der Waals surface area contributed by atoms with E-state index in [1.165, 1.54) is 0 Å². The van der Waals surface area contributed by atoms with Crippen molar-refractivity contribution in [3.8, 4) is 0 Å². The molecule has 17 heavy (non-hydrogen) atoms. The van der Waals surface area contributed by atoms with Gasteiger partial charge in [-0.05, 0) is 39.8 Å². The number of piperidine rings is 1. The van der Waals surface area contributed by atoms with Crippen molar-refractivity contribution in [2.75, 3.05) is 13.1 Å². The molecule has 94 valence electrons. The first kappa shape index (κ1) is 12.5. The maximum Gasteiger partial charge on any atom is 0.309 e. The Labute approximate surface area is 105 Å². The van der Waals surface area contributed by atoms with E-state index in [4.69, 9.17) is 0 Å². The molecule has 1 N–H and O–H groups in total. The van der Waals surface area contributed by atoms with Crippen molar-refractivity contribution >= 4 is 17.3 Å². The van der Waals surface area contributed by atoms with E-state index in [-0.39, 0.29) is 0 Å². The van der Waals surface area contributed by atoms with Crippen molar-refractivity contribution in [2.24, 2.45) is 5.41 Å². The molecular weight excluding hydrogens is 236 g/mol. The van der Waals surface area contributed by atoms with Gasteiger partial charge in [0.1, 0.15) is 0 Å². The molecule has 1 aliphatic rings. The second kappa shape index (κ2) is 4.74. The molecule has 4 nitrogen and oxygen atoms in total. The van der Waals surface area contributed by atoms with Crippen molar-refractivity contribution < 1.29 is 9.90 Å². The van der Waals surface area contributed by atoms with E-state index >= 15 is 0 Å². The highest BCUT2D eigenvalue weighted by molar-refractivity contribution is 7.07. The minimum atomic E-state index is -0.668. The zero-order chi connectivity index (χ0) is 12.5. The van der Waals surface area contributed by atoms with E-state index in [1.807, 2.05) is 12.4 Å². The van der Waals surface area contributed by atoms with Crippen molar-refractivity contribution in [1.29, 1.82) is 0 Å². The first-order valence-electron chi connectivity index (χ1n) is 5.88. The molecule has 5 heteroatoms. The monoisotopic (exact) mass is 254 g/mol. The summed E-state index contributed by atoms with van der Waals surface area (Å²) in [6.45, 7) is 5.65. The molecule has 1 unspecified atom stereocenters. The summed E-state index contributed by atoms with van der Waals surface area (Å²) in [6, 6.07) is 0.291. The van der Waals surface area contributed by atoms with Crippen LogP contribution in [0.15, 0.2) is 10.9 Å². The number of likely N-dealkylation sites (tertiary alicyclic amines) is 1. The summed E-state index contributed by atoms with van der Waals surface area (Å²) < 4.78 is 0. The van der Waals surface area contributed by atoms with Crippen molar-refractivity contribution in [1.82, 2.24) is 9.88 Å². The van der Waals surface area contributed by atoms with Gasteiger partial charge >= 0.3 is 5.97 Å². The lowest BCUT2D eigenvalue weighted by Gasteiger charge is -2.39. The average molecular weight is 254 g/mol. The predicted octanol–water partition coefficient (Wildman–Crippen LogP) is 2.39. The molecule has 1 fully saturated rings. The Morgan fingerprint density at radius 3 is 2.71 bits per heavy atom. The lowest BCUT2D eigenvalue weighted by atomic mass is 9.80. The fourth-order valence-corrected chi connectivity index (χ4v) is 2.87. The third kappa shape index (κ3) is 2.50. The largest absolute Gasteiger partial charge is 0.481 e. The van der Waals surface area contributed by atoms with Gasteiger partial charge in [-0.25, -0.2) is 4.98 Å². The highest BCUT2D eigenvalue weighted by Crippen LogP contribution is 2.34. The highest BCUT2D eigenvalue weighted by Gasteiger charge is 2.38. The predicted molar refractivity (Wildman–Crippen MR) is 67.1 cm³/mol. The number of carbonyl (C=O) groups is 1. The van der Waals surface area contributed by atoms with Crippen LogP contribution in [0.4, 0.5) is 0 Å². The molecule has 0 aromatic carbocycles. The van der Waals surface area contributed by atoms with E-state index in [9.17, 15) is 9.90 Å². The number of carboxylic acid groups (broad SMARTS) is 1. The average Bonchev–Trinajstić information content (AvgIpc) is 2.82. The Balaban J connectivity index is 1.98. The normalized spacial score (nSPS) is 22.2. The maximum atomic E-state index is 11.2. The first-order chi connectivity index (χ1) is 8.03. The lowest BCUT2D eigenvalue weighted by molar-refractivity contribution is -0.151. The fraction of sp³-hybridized carbons (Fsp3) is 0.667. The Morgan fingerprint density at radius 1 is 1.59 bits per heavy atom. The second-order valence-corrected chi connectivity index (χ2v) is 5.71. The molecule has 1 saturated heterocycles. The van der Waals surface area contributed by atoms with Crippen LogP contribution >= 0.6 is 11.3 Å². The number of carboxylic acids is 1. The standard InChI is InChI=1S/C12H18N2O2S/c1-9(10-7-17-8-13-10)14-5-3-12(2,4-6-14)11(15)16/h7-9H,3-6H2,1-2H3,(H,15,16). The molecule has 0 saturated carbocycles. The van der Waals surface area contributed by atoms with Gasteiger partial charge in [0, 0.05) is 5.38 Å². The molecule has 0 amide bonds. The minimum Gasteiger partial charge on any atom is -0.481 e. The van der Waals surface area contributed by atoms with Crippen LogP contribution in [0.25, 0.3) is 0 Å². The summed E-state index contributed by atoms with van der Waals surface area (Å²) in [5.74, 6) is -0.668. The maximum absolute atomic E-state index is 11.2. The Hall–Kier alpha value is -0.940. The number of hydrogen-bond acceptors (Lipinski definition) is 4. The molecule has 1 aliphatic heterocycles. The Kier molecular flexibility index (Phi) is 3.49. The van der Waals surface area contributed by atoms with Gasteiger partial charge in [0.05, 0.1) is 22.7 Å². The molecule has 0 aliphatic carbocycles. The third-order valence-corrected chi connectivity index (χ3v) is 4.45. The number of aliphatic carboxylic acids is 1. The van der Waals surface area contributed by atoms with Gasteiger partial charge < -0.3 is 5.11 Å². The first-order valence-corrected chi connectivity index (χ1v) is 6.83. The summed E-state index contributed by atoms with van der Waals surface area (Å²) >= 11 is 1.60. The number of aromatic nitrogens is 1. The number of hydrogen-bond donors (Lipinski definition) is 1. The van der Waals surface area contributed by atoms with Crippen molar-refractivity contribution in [3.63, 3.8) is 0 Å². The lowest BCUT2D eigenvalue weighted by Crippen LogP contribution is -2.43. The molecule has 0 bridgehead atoms. The van der Waals surface area contributed by atoms with Crippen LogP contribution in [0.3, 0.4) is 0 Å². The van der Waals surface area contributed by atoms with Gasteiger partial charge in [-0.15, -0.1) is 11.3 Å². The molecule has 1 aromatic rings. The van der Waals surface area contributed by atoms with Crippen LogP contribution in [-0.4, -0.2) is 34.0 Å². The number of nitrogens with zero attached hydrogens (tertiary/aromatic N) is 2. The number of thiazole rings is 1. The third-order valence-electron chi connectivity index (χ3n) is 3.85. The Morgan fingerprint density at radius 2 is 2.24 bits per heavy atom. The van der Waals surface area contributed by atoms with Crippen molar-refractivity contribution in [3.05, 3.63) is 16.6 Å². The summed E-state index contributed by atoms with van der Waals surface area (Å²) in [4.78, 5) is 17.8. The molecule has 1 aromatic heterocycles. The molecule has 2 rings (SSSR count). The molecule has 0 spiro atoms.